The van der Waals surface area contributed by atoms with Crippen LogP contribution in [-0.2, 0) is 4.74 Å². The summed E-state index contributed by atoms with van der Waals surface area (Å²) in [5.74, 6) is 0.568. The van der Waals surface area contributed by atoms with Gasteiger partial charge in [0.1, 0.15) is 23.9 Å². The first-order chi connectivity index (χ1) is 15.6. The molecule has 0 atom stereocenters. The minimum absolute atomic E-state index is 0.0852. The van der Waals surface area contributed by atoms with Gasteiger partial charge in [0.2, 0.25) is 5.88 Å². The van der Waals surface area contributed by atoms with Crippen LogP contribution >= 0.6 is 0 Å². The number of nitrogens with zero attached hydrogens (tertiary/aromatic N) is 2. The summed E-state index contributed by atoms with van der Waals surface area (Å²) in [5, 5.41) is 10.4. The van der Waals surface area contributed by atoms with E-state index < -0.39 is 0 Å². The van der Waals surface area contributed by atoms with Gasteiger partial charge in [0.15, 0.2) is 0 Å². The molecule has 0 radical (unpaired) electrons. The maximum absolute atomic E-state index is 15.0. The number of pyridine rings is 2. The zero-order chi connectivity index (χ0) is 22.1. The van der Waals surface area contributed by atoms with Crippen molar-refractivity contribution in [1.82, 2.24) is 15.3 Å². The fraction of sp³-hybridized carbons (Fsp3) is 0.348. The van der Waals surface area contributed by atoms with E-state index in [1.807, 2.05) is 6.92 Å². The number of urea groups is 1. The summed E-state index contributed by atoms with van der Waals surface area (Å²) in [4.78, 5) is 21.0. The molecule has 166 valence electrons. The highest BCUT2D eigenvalue weighted by Crippen LogP contribution is 2.37. The molecule has 0 spiro atoms. The third-order valence-electron chi connectivity index (χ3n) is 5.84. The lowest BCUT2D eigenvalue weighted by Gasteiger charge is -2.23. The Balaban J connectivity index is 1.43. The second kappa shape index (κ2) is 8.58. The van der Waals surface area contributed by atoms with Crippen LogP contribution in [0, 0.1) is 12.7 Å². The maximum atomic E-state index is 15.0. The molecule has 4 heterocycles. The fourth-order valence-corrected chi connectivity index (χ4v) is 4.11. The number of halogens is 1. The normalized spacial score (nSPS) is 16.1. The van der Waals surface area contributed by atoms with E-state index >= 15 is 0 Å². The number of amides is 2. The van der Waals surface area contributed by atoms with Gasteiger partial charge in [0, 0.05) is 54.7 Å². The molecule has 5 rings (SSSR count). The van der Waals surface area contributed by atoms with Crippen LogP contribution in [0.15, 0.2) is 30.6 Å². The average Bonchev–Trinajstić information content (AvgIpc) is 2.80. The summed E-state index contributed by atoms with van der Waals surface area (Å²) in [6.45, 7) is 4.43. The standard InChI is InChI=1S/C23H24FN5O3/c1-13-18(12-27-22-21(13)25-4-7-32-22)17-8-14-10-20(26-11-15(14)9-19(17)24)29-23(30)28-16-2-5-31-6-3-16/h8-12,16,25H,2-7H2,1H3,(H2,26,28,29,30). The second-order valence-electron chi connectivity index (χ2n) is 7.99. The van der Waals surface area contributed by atoms with E-state index in [1.165, 1.54) is 6.07 Å². The summed E-state index contributed by atoms with van der Waals surface area (Å²) in [5.41, 5.74) is 2.78. The molecule has 8 nitrogen and oxygen atoms in total. The number of fused-ring (bicyclic) bond motifs is 2. The summed E-state index contributed by atoms with van der Waals surface area (Å²) in [6.07, 6.45) is 4.76. The lowest BCUT2D eigenvalue weighted by Crippen LogP contribution is -2.41. The van der Waals surface area contributed by atoms with E-state index in [-0.39, 0.29) is 17.9 Å². The number of hydrogen-bond acceptors (Lipinski definition) is 6. The van der Waals surface area contributed by atoms with E-state index in [0.29, 0.717) is 54.6 Å². The monoisotopic (exact) mass is 437 g/mol. The smallest absolute Gasteiger partial charge is 0.320 e. The Kier molecular flexibility index (Phi) is 5.48. The Hall–Kier alpha value is -3.46. The van der Waals surface area contributed by atoms with Crippen molar-refractivity contribution in [2.24, 2.45) is 0 Å². The minimum Gasteiger partial charge on any atom is -0.474 e. The molecule has 0 bridgehead atoms. The van der Waals surface area contributed by atoms with Crippen LogP contribution in [-0.4, -0.2) is 48.4 Å². The van der Waals surface area contributed by atoms with Gasteiger partial charge in [-0.1, -0.05) is 0 Å². The Morgan fingerprint density at radius 1 is 1.09 bits per heavy atom. The number of carbonyl (C=O) groups is 1. The number of benzene rings is 1. The zero-order valence-corrected chi connectivity index (χ0v) is 17.7. The topological polar surface area (TPSA) is 97.4 Å². The van der Waals surface area contributed by atoms with Crippen LogP contribution < -0.4 is 20.7 Å². The molecule has 2 amide bonds. The van der Waals surface area contributed by atoms with E-state index in [2.05, 4.69) is 25.9 Å². The summed E-state index contributed by atoms with van der Waals surface area (Å²) in [7, 11) is 0. The molecular formula is C23H24FN5O3. The number of nitrogens with one attached hydrogen (secondary N) is 3. The van der Waals surface area contributed by atoms with Gasteiger partial charge in [-0.3, -0.25) is 5.32 Å². The van der Waals surface area contributed by atoms with E-state index in [0.717, 1.165) is 29.5 Å². The van der Waals surface area contributed by atoms with Crippen LogP contribution in [0.3, 0.4) is 0 Å². The van der Waals surface area contributed by atoms with Crippen molar-refractivity contribution in [2.75, 3.05) is 37.0 Å². The predicted molar refractivity (Wildman–Crippen MR) is 120 cm³/mol. The average molecular weight is 437 g/mol. The Morgan fingerprint density at radius 3 is 2.78 bits per heavy atom. The largest absolute Gasteiger partial charge is 0.474 e. The van der Waals surface area contributed by atoms with Crippen molar-refractivity contribution in [3.63, 3.8) is 0 Å². The first kappa shape index (κ1) is 20.4. The number of ether oxygens (including phenoxy) is 2. The van der Waals surface area contributed by atoms with Gasteiger partial charge in [-0.05, 0) is 48.9 Å². The van der Waals surface area contributed by atoms with Gasteiger partial charge in [-0.15, -0.1) is 0 Å². The molecule has 1 fully saturated rings. The molecule has 3 aromatic rings. The third kappa shape index (κ3) is 4.03. The SMILES string of the molecule is Cc1c(-c2cc3cc(NC(=O)NC4CCOCC4)ncc3cc2F)cnc2c1NCCO2. The van der Waals surface area contributed by atoms with Gasteiger partial charge in [0.05, 0.1) is 0 Å². The van der Waals surface area contributed by atoms with Crippen molar-refractivity contribution < 1.29 is 18.7 Å². The van der Waals surface area contributed by atoms with Gasteiger partial charge in [-0.25, -0.2) is 19.2 Å². The summed E-state index contributed by atoms with van der Waals surface area (Å²) in [6, 6.07) is 4.72. The molecular weight excluding hydrogens is 413 g/mol. The van der Waals surface area contributed by atoms with Crippen LogP contribution in [0.2, 0.25) is 0 Å². The number of rotatable bonds is 3. The number of carbonyl (C=O) groups excluding carboxylic acids is 1. The quantitative estimate of drug-likeness (QED) is 0.576. The number of anilines is 2. The van der Waals surface area contributed by atoms with Crippen LogP contribution in [0.4, 0.5) is 20.7 Å². The second-order valence-corrected chi connectivity index (χ2v) is 7.99. The molecule has 0 aliphatic carbocycles. The minimum atomic E-state index is -0.362. The summed E-state index contributed by atoms with van der Waals surface area (Å²) < 4.78 is 25.9. The van der Waals surface area contributed by atoms with Crippen LogP contribution in [0.5, 0.6) is 5.88 Å². The molecule has 32 heavy (non-hydrogen) atoms. The van der Waals surface area contributed by atoms with Crippen molar-refractivity contribution in [3.05, 3.63) is 42.0 Å². The maximum Gasteiger partial charge on any atom is 0.320 e. The molecule has 0 unspecified atom stereocenters. The number of aromatic nitrogens is 2. The summed E-state index contributed by atoms with van der Waals surface area (Å²) >= 11 is 0. The van der Waals surface area contributed by atoms with Crippen molar-refractivity contribution in [3.8, 4) is 17.0 Å². The molecule has 9 heteroatoms. The Morgan fingerprint density at radius 2 is 1.94 bits per heavy atom. The Labute approximate surface area is 184 Å². The van der Waals surface area contributed by atoms with Crippen molar-refractivity contribution in [1.29, 1.82) is 0 Å². The molecule has 2 aliphatic rings. The van der Waals surface area contributed by atoms with Gasteiger partial charge < -0.3 is 20.1 Å². The zero-order valence-electron chi connectivity index (χ0n) is 17.7. The first-order valence-corrected chi connectivity index (χ1v) is 10.7. The lowest BCUT2D eigenvalue weighted by atomic mass is 9.98. The molecule has 1 aromatic carbocycles. The highest BCUT2D eigenvalue weighted by Gasteiger charge is 2.20. The van der Waals surface area contributed by atoms with Crippen LogP contribution in [0.1, 0.15) is 18.4 Å². The van der Waals surface area contributed by atoms with Crippen molar-refractivity contribution in [2.45, 2.75) is 25.8 Å². The third-order valence-corrected chi connectivity index (χ3v) is 5.84. The van der Waals surface area contributed by atoms with E-state index in [9.17, 15) is 9.18 Å². The molecule has 0 saturated carbocycles. The molecule has 2 aromatic heterocycles. The molecule has 1 saturated heterocycles. The number of hydrogen-bond donors (Lipinski definition) is 3. The van der Waals surface area contributed by atoms with Gasteiger partial charge in [0.25, 0.3) is 0 Å². The molecule has 2 aliphatic heterocycles. The predicted octanol–water partition coefficient (Wildman–Crippen LogP) is 3.85. The van der Waals surface area contributed by atoms with E-state index in [4.69, 9.17) is 9.47 Å². The lowest BCUT2D eigenvalue weighted by molar-refractivity contribution is 0.0806. The first-order valence-electron chi connectivity index (χ1n) is 10.7. The van der Waals surface area contributed by atoms with Crippen LogP contribution in [0.25, 0.3) is 21.9 Å². The van der Waals surface area contributed by atoms with Crippen molar-refractivity contribution >= 4 is 28.3 Å². The fourth-order valence-electron chi connectivity index (χ4n) is 4.11. The van der Waals surface area contributed by atoms with Gasteiger partial charge in [-0.2, -0.15) is 0 Å². The highest BCUT2D eigenvalue weighted by atomic mass is 19.1. The Bertz CT molecular complexity index is 1180. The van der Waals surface area contributed by atoms with Gasteiger partial charge >= 0.3 is 6.03 Å². The molecule has 3 N–H and O–H groups in total. The highest BCUT2D eigenvalue weighted by molar-refractivity contribution is 5.94. The van der Waals surface area contributed by atoms with E-state index in [1.54, 1.807) is 24.5 Å².